The van der Waals surface area contributed by atoms with Gasteiger partial charge in [0.2, 0.25) is 5.89 Å². The van der Waals surface area contributed by atoms with E-state index in [4.69, 9.17) is 9.40 Å². The van der Waals surface area contributed by atoms with Crippen molar-refractivity contribution >= 4 is 50.0 Å². The largest absolute Gasteiger partial charge is 0.436 e. The molecule has 0 saturated heterocycles. The zero-order chi connectivity index (χ0) is 32.0. The van der Waals surface area contributed by atoms with Crippen LogP contribution < -0.4 is 4.90 Å². The molecule has 0 unspecified atom stereocenters. The van der Waals surface area contributed by atoms with Crippen LogP contribution in [0, 0.1) is 6.92 Å². The number of hydrogen-bond acceptors (Lipinski definition) is 3. The zero-order valence-corrected chi connectivity index (χ0v) is 26.4. The summed E-state index contributed by atoms with van der Waals surface area (Å²) in [6.07, 6.45) is 0. The van der Waals surface area contributed by atoms with Crippen molar-refractivity contribution in [2.45, 2.75) is 6.92 Å². The van der Waals surface area contributed by atoms with E-state index in [2.05, 4.69) is 156 Å². The minimum absolute atomic E-state index is 0.621. The van der Waals surface area contributed by atoms with Crippen LogP contribution in [0.5, 0.6) is 0 Å². The molecule has 0 spiro atoms. The summed E-state index contributed by atoms with van der Waals surface area (Å²) in [5, 5.41) is 2.49. The Morgan fingerprint density at radius 2 is 1.10 bits per heavy atom. The second-order valence-electron chi connectivity index (χ2n) is 12.2. The predicted octanol–water partition coefficient (Wildman–Crippen LogP) is 12.0. The van der Waals surface area contributed by atoms with Crippen LogP contribution in [0.15, 0.2) is 174 Å². The maximum atomic E-state index is 6.04. The first kappa shape index (κ1) is 27.9. The highest BCUT2D eigenvalue weighted by Gasteiger charge is 2.17. The lowest BCUT2D eigenvalue weighted by atomic mass is 10.0. The fraction of sp³-hybridized carbons (Fsp3) is 0.0227. The van der Waals surface area contributed by atoms with Crippen molar-refractivity contribution in [2.24, 2.45) is 0 Å². The van der Waals surface area contributed by atoms with Crippen LogP contribution >= 0.6 is 0 Å². The van der Waals surface area contributed by atoms with Gasteiger partial charge in [-0.25, -0.2) is 4.98 Å². The standard InChI is InChI=1S/C44H31N3O/c1-30-15-17-31(18-16-30)33-21-28-42-39(29-33)38-11-5-7-13-41(38)47(42)37-26-24-36(25-27-37)46(34-9-3-2-4-10-34)35-22-19-32(20-23-35)44-45-40-12-6-8-14-43(40)48-44/h2-29H,1H3. The molecule has 0 radical (unpaired) electrons. The van der Waals surface area contributed by atoms with Gasteiger partial charge in [0.1, 0.15) is 5.52 Å². The number of para-hydroxylation sites is 4. The lowest BCUT2D eigenvalue weighted by Crippen LogP contribution is -2.10. The lowest BCUT2D eigenvalue weighted by molar-refractivity contribution is 0.620. The summed E-state index contributed by atoms with van der Waals surface area (Å²) in [6.45, 7) is 2.13. The SMILES string of the molecule is Cc1ccc(-c2ccc3c(c2)c2ccccc2n3-c2ccc(N(c3ccccc3)c3ccc(-c4nc5ccccc5o4)cc3)cc2)cc1. The van der Waals surface area contributed by atoms with Gasteiger partial charge in [0.25, 0.3) is 0 Å². The molecule has 4 heteroatoms. The van der Waals surface area contributed by atoms with E-state index in [1.54, 1.807) is 0 Å². The Morgan fingerprint density at radius 3 is 1.88 bits per heavy atom. The topological polar surface area (TPSA) is 34.2 Å². The number of fused-ring (bicyclic) bond motifs is 4. The molecule has 9 rings (SSSR count). The first-order chi connectivity index (χ1) is 23.7. The van der Waals surface area contributed by atoms with Crippen LogP contribution in [-0.2, 0) is 0 Å². The molecule has 2 heterocycles. The van der Waals surface area contributed by atoms with Crippen molar-refractivity contribution in [1.29, 1.82) is 0 Å². The fourth-order valence-corrected chi connectivity index (χ4v) is 6.70. The zero-order valence-electron chi connectivity index (χ0n) is 26.4. The van der Waals surface area contributed by atoms with E-state index in [0.29, 0.717) is 5.89 Å². The molecule has 4 nitrogen and oxygen atoms in total. The highest BCUT2D eigenvalue weighted by molar-refractivity contribution is 6.10. The number of nitrogens with zero attached hydrogens (tertiary/aromatic N) is 3. The van der Waals surface area contributed by atoms with Crippen LogP contribution in [0.1, 0.15) is 5.56 Å². The van der Waals surface area contributed by atoms with Crippen LogP contribution in [0.4, 0.5) is 17.1 Å². The van der Waals surface area contributed by atoms with Gasteiger partial charge in [-0.15, -0.1) is 0 Å². The molecule has 0 aliphatic heterocycles. The average Bonchev–Trinajstić information content (AvgIpc) is 3.73. The van der Waals surface area contributed by atoms with Gasteiger partial charge in [0.05, 0.1) is 11.0 Å². The third kappa shape index (κ3) is 4.83. The second-order valence-corrected chi connectivity index (χ2v) is 12.2. The van der Waals surface area contributed by atoms with E-state index in [0.717, 1.165) is 39.4 Å². The molecule has 0 fully saturated rings. The smallest absolute Gasteiger partial charge is 0.227 e. The van der Waals surface area contributed by atoms with Gasteiger partial charge in [-0.05, 0) is 109 Å². The molecule has 0 bridgehead atoms. The molecule has 228 valence electrons. The predicted molar refractivity (Wildman–Crippen MR) is 199 cm³/mol. The van der Waals surface area contributed by atoms with Gasteiger partial charge in [0.15, 0.2) is 5.58 Å². The summed E-state index contributed by atoms with van der Waals surface area (Å²) >= 11 is 0. The van der Waals surface area contributed by atoms with E-state index in [1.807, 2.05) is 30.3 Å². The minimum atomic E-state index is 0.621. The summed E-state index contributed by atoms with van der Waals surface area (Å²) < 4.78 is 8.41. The number of hydrogen-bond donors (Lipinski definition) is 0. The lowest BCUT2D eigenvalue weighted by Gasteiger charge is -2.26. The quantitative estimate of drug-likeness (QED) is 0.186. The monoisotopic (exact) mass is 617 g/mol. The van der Waals surface area contributed by atoms with Crippen LogP contribution in [0.3, 0.4) is 0 Å². The molecule has 48 heavy (non-hydrogen) atoms. The highest BCUT2D eigenvalue weighted by Crippen LogP contribution is 2.38. The summed E-state index contributed by atoms with van der Waals surface area (Å²) in [7, 11) is 0. The first-order valence-electron chi connectivity index (χ1n) is 16.2. The number of oxazole rings is 1. The van der Waals surface area contributed by atoms with Crippen molar-refractivity contribution in [3.8, 4) is 28.3 Å². The maximum absolute atomic E-state index is 6.04. The molecular formula is C44H31N3O. The van der Waals surface area contributed by atoms with Gasteiger partial charge < -0.3 is 13.9 Å². The van der Waals surface area contributed by atoms with E-state index in [1.165, 1.54) is 38.5 Å². The number of benzene rings is 7. The number of anilines is 3. The number of aryl methyl sites for hydroxylation is 1. The van der Waals surface area contributed by atoms with Crippen LogP contribution in [0.25, 0.3) is 61.2 Å². The molecule has 0 amide bonds. The molecule has 0 aliphatic rings. The second kappa shape index (κ2) is 11.4. The van der Waals surface area contributed by atoms with Crippen LogP contribution in [0.2, 0.25) is 0 Å². The van der Waals surface area contributed by atoms with Crippen molar-refractivity contribution in [3.63, 3.8) is 0 Å². The van der Waals surface area contributed by atoms with Gasteiger partial charge in [-0.2, -0.15) is 0 Å². The molecule has 7 aromatic carbocycles. The Hall–Kier alpha value is -6.39. The summed E-state index contributed by atoms with van der Waals surface area (Å²) in [5.41, 5.74) is 13.0. The Labute approximate surface area is 278 Å². The normalized spacial score (nSPS) is 11.4. The molecular weight excluding hydrogens is 587 g/mol. The maximum Gasteiger partial charge on any atom is 0.227 e. The Bertz CT molecular complexity index is 2510. The number of rotatable bonds is 6. The molecule has 0 saturated carbocycles. The van der Waals surface area contributed by atoms with E-state index in [-0.39, 0.29) is 0 Å². The first-order valence-corrected chi connectivity index (χ1v) is 16.2. The Balaban J connectivity index is 1.11. The summed E-state index contributed by atoms with van der Waals surface area (Å²) in [5.74, 6) is 0.621. The number of aromatic nitrogens is 2. The molecule has 9 aromatic rings. The van der Waals surface area contributed by atoms with Crippen molar-refractivity contribution < 1.29 is 4.42 Å². The Morgan fingerprint density at radius 1 is 0.500 bits per heavy atom. The molecule has 2 aromatic heterocycles. The van der Waals surface area contributed by atoms with Crippen LogP contribution in [-0.4, -0.2) is 9.55 Å². The van der Waals surface area contributed by atoms with E-state index < -0.39 is 0 Å². The average molecular weight is 618 g/mol. The third-order valence-electron chi connectivity index (χ3n) is 9.10. The van der Waals surface area contributed by atoms with Gasteiger partial charge in [0, 0.05) is 39.1 Å². The van der Waals surface area contributed by atoms with Gasteiger partial charge >= 0.3 is 0 Å². The van der Waals surface area contributed by atoms with Gasteiger partial charge in [-0.3, -0.25) is 0 Å². The molecule has 0 atom stereocenters. The molecule has 0 aliphatic carbocycles. The van der Waals surface area contributed by atoms with Crippen molar-refractivity contribution in [3.05, 3.63) is 175 Å². The van der Waals surface area contributed by atoms with E-state index >= 15 is 0 Å². The van der Waals surface area contributed by atoms with Crippen molar-refractivity contribution in [1.82, 2.24) is 9.55 Å². The van der Waals surface area contributed by atoms with Gasteiger partial charge in [-0.1, -0.05) is 84.4 Å². The highest BCUT2D eigenvalue weighted by atomic mass is 16.3. The Kier molecular flexibility index (Phi) is 6.65. The summed E-state index contributed by atoms with van der Waals surface area (Å²) in [4.78, 5) is 6.97. The van der Waals surface area contributed by atoms with Crippen molar-refractivity contribution in [2.75, 3.05) is 4.90 Å². The molecule has 0 N–H and O–H groups in total. The third-order valence-corrected chi connectivity index (χ3v) is 9.10. The summed E-state index contributed by atoms with van der Waals surface area (Å²) in [6, 6.07) is 59.9. The fourth-order valence-electron chi connectivity index (χ4n) is 6.70. The van der Waals surface area contributed by atoms with E-state index in [9.17, 15) is 0 Å². The minimum Gasteiger partial charge on any atom is -0.436 e.